The van der Waals surface area contributed by atoms with E-state index in [0.29, 0.717) is 0 Å². The Morgan fingerprint density at radius 1 is 1.18 bits per heavy atom. The molecule has 0 bridgehead atoms. The molecule has 0 aromatic heterocycles. The first kappa shape index (κ1) is 13.3. The van der Waals surface area contributed by atoms with Gasteiger partial charge in [-0.25, -0.2) is 0 Å². The smallest absolute Gasteiger partial charge is 0.0484 e. The fraction of sp³-hybridized carbons (Fsp3) is 1.00. The zero-order chi connectivity index (χ0) is 12.1. The quantitative estimate of drug-likeness (QED) is 0.817. The Morgan fingerprint density at radius 3 is 2.65 bits per heavy atom. The molecule has 1 aliphatic heterocycles. The van der Waals surface area contributed by atoms with Gasteiger partial charge in [-0.15, -0.1) is 0 Å². The number of hydrogen-bond acceptors (Lipinski definition) is 3. The van der Waals surface area contributed by atoms with E-state index in [1.165, 1.54) is 38.6 Å². The van der Waals surface area contributed by atoms with Gasteiger partial charge in [-0.3, -0.25) is 4.90 Å². The zero-order valence-electron chi connectivity index (χ0n) is 11.3. The van der Waals surface area contributed by atoms with Gasteiger partial charge in [-0.2, -0.15) is 0 Å². The second-order valence-electron chi connectivity index (χ2n) is 5.93. The van der Waals surface area contributed by atoms with Gasteiger partial charge in [-0.05, 0) is 45.1 Å². The molecule has 1 unspecified atom stereocenters. The molecule has 3 nitrogen and oxygen atoms in total. The first-order valence-corrected chi connectivity index (χ1v) is 7.26. The molecule has 1 saturated carbocycles. The van der Waals surface area contributed by atoms with Gasteiger partial charge in [0.15, 0.2) is 0 Å². The molecule has 0 spiro atoms. The van der Waals surface area contributed by atoms with Gasteiger partial charge in [0.25, 0.3) is 0 Å². The van der Waals surface area contributed by atoms with Gasteiger partial charge in [-0.1, -0.05) is 12.8 Å². The van der Waals surface area contributed by atoms with Crippen LogP contribution in [0.3, 0.4) is 0 Å². The van der Waals surface area contributed by atoms with Gasteiger partial charge in [0, 0.05) is 31.8 Å². The topological polar surface area (TPSA) is 38.5 Å². The Morgan fingerprint density at radius 2 is 1.94 bits per heavy atom. The van der Waals surface area contributed by atoms with Crippen molar-refractivity contribution in [3.8, 4) is 0 Å². The highest BCUT2D eigenvalue weighted by Crippen LogP contribution is 2.31. The van der Waals surface area contributed by atoms with Crippen LogP contribution in [0.25, 0.3) is 0 Å². The Kier molecular flexibility index (Phi) is 4.83. The van der Waals surface area contributed by atoms with Crippen LogP contribution in [0.1, 0.15) is 44.9 Å². The molecular weight excluding hydrogens is 212 g/mol. The summed E-state index contributed by atoms with van der Waals surface area (Å²) in [5.41, 5.74) is 6.29. The standard InChI is InChI=1S/C14H28N2O/c1-16(11-13-5-2-3-6-13)14(12-15)7-4-9-17-10-8-14/h13H,2-12,15H2,1H3. The fourth-order valence-electron chi connectivity index (χ4n) is 3.51. The minimum absolute atomic E-state index is 0.207. The summed E-state index contributed by atoms with van der Waals surface area (Å²) in [6, 6.07) is 0. The summed E-state index contributed by atoms with van der Waals surface area (Å²) in [6.07, 6.45) is 9.16. The molecular formula is C14H28N2O. The lowest BCUT2D eigenvalue weighted by atomic mass is 9.88. The molecule has 0 amide bonds. The minimum Gasteiger partial charge on any atom is -0.381 e. The molecule has 2 fully saturated rings. The maximum absolute atomic E-state index is 6.09. The van der Waals surface area contributed by atoms with E-state index in [-0.39, 0.29) is 5.54 Å². The Labute approximate surface area is 106 Å². The molecule has 1 heterocycles. The third kappa shape index (κ3) is 3.21. The first-order chi connectivity index (χ1) is 8.27. The van der Waals surface area contributed by atoms with Crippen molar-refractivity contribution >= 4 is 0 Å². The minimum atomic E-state index is 0.207. The van der Waals surface area contributed by atoms with Crippen LogP contribution in [0.2, 0.25) is 0 Å². The first-order valence-electron chi connectivity index (χ1n) is 7.26. The van der Waals surface area contributed by atoms with Crippen LogP contribution in [0, 0.1) is 5.92 Å². The van der Waals surface area contributed by atoms with Crippen LogP contribution < -0.4 is 5.73 Å². The van der Waals surface area contributed by atoms with Crippen LogP contribution in [0.5, 0.6) is 0 Å². The number of rotatable bonds is 4. The number of ether oxygens (including phenoxy) is 1. The number of likely N-dealkylation sites (N-methyl/N-ethyl adjacent to an activating group) is 1. The van der Waals surface area contributed by atoms with Crippen LogP contribution >= 0.6 is 0 Å². The second kappa shape index (κ2) is 6.17. The van der Waals surface area contributed by atoms with Crippen molar-refractivity contribution in [2.24, 2.45) is 11.7 Å². The monoisotopic (exact) mass is 240 g/mol. The van der Waals surface area contributed by atoms with Crippen molar-refractivity contribution in [2.45, 2.75) is 50.5 Å². The molecule has 1 aliphatic carbocycles. The number of hydrogen-bond donors (Lipinski definition) is 1. The molecule has 2 aliphatic rings. The second-order valence-corrected chi connectivity index (χ2v) is 5.93. The van der Waals surface area contributed by atoms with Crippen LogP contribution in [-0.2, 0) is 4.74 Å². The third-order valence-electron chi connectivity index (χ3n) is 4.84. The Hall–Kier alpha value is -0.120. The molecule has 1 atom stereocenters. The van der Waals surface area contributed by atoms with E-state index < -0.39 is 0 Å². The summed E-state index contributed by atoms with van der Waals surface area (Å²) >= 11 is 0. The highest BCUT2D eigenvalue weighted by molar-refractivity contribution is 4.92. The fourth-order valence-corrected chi connectivity index (χ4v) is 3.51. The maximum Gasteiger partial charge on any atom is 0.0484 e. The van der Waals surface area contributed by atoms with E-state index in [4.69, 9.17) is 10.5 Å². The lowest BCUT2D eigenvalue weighted by molar-refractivity contribution is 0.0767. The SMILES string of the molecule is CN(CC1CCCC1)C1(CN)CCCOCC1. The molecule has 0 aromatic carbocycles. The molecule has 1 saturated heterocycles. The van der Waals surface area contributed by atoms with Gasteiger partial charge in [0.05, 0.1) is 0 Å². The van der Waals surface area contributed by atoms with Crippen molar-refractivity contribution in [3.63, 3.8) is 0 Å². The van der Waals surface area contributed by atoms with E-state index in [1.807, 2.05) is 0 Å². The van der Waals surface area contributed by atoms with Crippen molar-refractivity contribution in [1.82, 2.24) is 4.90 Å². The van der Waals surface area contributed by atoms with E-state index >= 15 is 0 Å². The van der Waals surface area contributed by atoms with Crippen LogP contribution in [0.15, 0.2) is 0 Å². The summed E-state index contributed by atoms with van der Waals surface area (Å²) in [4.78, 5) is 2.55. The molecule has 100 valence electrons. The van der Waals surface area contributed by atoms with E-state index in [9.17, 15) is 0 Å². The Balaban J connectivity index is 1.94. The van der Waals surface area contributed by atoms with Crippen molar-refractivity contribution in [2.75, 3.05) is 33.4 Å². The highest BCUT2D eigenvalue weighted by Gasteiger charge is 2.35. The summed E-state index contributed by atoms with van der Waals surface area (Å²) in [6.45, 7) is 3.81. The molecule has 0 radical (unpaired) electrons. The summed E-state index contributed by atoms with van der Waals surface area (Å²) in [5, 5.41) is 0. The average Bonchev–Trinajstić information content (AvgIpc) is 2.72. The van der Waals surface area contributed by atoms with E-state index in [0.717, 1.165) is 38.5 Å². The van der Waals surface area contributed by atoms with Crippen molar-refractivity contribution in [3.05, 3.63) is 0 Å². The number of nitrogens with zero attached hydrogens (tertiary/aromatic N) is 1. The molecule has 17 heavy (non-hydrogen) atoms. The van der Waals surface area contributed by atoms with Crippen LogP contribution in [0.4, 0.5) is 0 Å². The molecule has 2 rings (SSSR count). The zero-order valence-corrected chi connectivity index (χ0v) is 11.3. The third-order valence-corrected chi connectivity index (χ3v) is 4.84. The van der Waals surface area contributed by atoms with Gasteiger partial charge in [0.2, 0.25) is 0 Å². The summed E-state index contributed by atoms with van der Waals surface area (Å²) < 4.78 is 5.59. The van der Waals surface area contributed by atoms with Crippen molar-refractivity contribution in [1.29, 1.82) is 0 Å². The lowest BCUT2D eigenvalue weighted by Gasteiger charge is -2.41. The highest BCUT2D eigenvalue weighted by atomic mass is 16.5. The predicted octanol–water partition coefficient (Wildman–Crippen LogP) is 2.01. The normalized spacial score (nSPS) is 31.9. The van der Waals surface area contributed by atoms with Crippen molar-refractivity contribution < 1.29 is 4.74 Å². The summed E-state index contributed by atoms with van der Waals surface area (Å²) in [5.74, 6) is 0.910. The van der Waals surface area contributed by atoms with Gasteiger partial charge in [0.1, 0.15) is 0 Å². The maximum atomic E-state index is 6.09. The molecule has 0 aromatic rings. The van der Waals surface area contributed by atoms with E-state index in [1.54, 1.807) is 0 Å². The largest absolute Gasteiger partial charge is 0.381 e. The van der Waals surface area contributed by atoms with Gasteiger partial charge >= 0.3 is 0 Å². The Bertz CT molecular complexity index is 218. The molecule has 3 heteroatoms. The average molecular weight is 240 g/mol. The lowest BCUT2D eigenvalue weighted by Crippen LogP contribution is -2.53. The number of nitrogens with two attached hydrogens (primary N) is 1. The van der Waals surface area contributed by atoms with E-state index in [2.05, 4.69) is 11.9 Å². The summed E-state index contributed by atoms with van der Waals surface area (Å²) in [7, 11) is 2.27. The van der Waals surface area contributed by atoms with Crippen LogP contribution in [-0.4, -0.2) is 43.8 Å². The predicted molar refractivity (Wildman–Crippen MR) is 71.0 cm³/mol. The van der Waals surface area contributed by atoms with Gasteiger partial charge < -0.3 is 10.5 Å². The molecule has 2 N–H and O–H groups in total.